The Hall–Kier alpha value is -2.11. The number of carbonyl (C=O) groups is 2. The van der Waals surface area contributed by atoms with E-state index in [1.165, 1.54) is 11.0 Å². The fraction of sp³-hybridized carbons (Fsp3) is 0.462. The van der Waals surface area contributed by atoms with Crippen molar-refractivity contribution < 1.29 is 19.4 Å². The van der Waals surface area contributed by atoms with Crippen molar-refractivity contribution in [1.29, 1.82) is 0 Å². The number of carbonyl (C=O) groups excluding carboxylic acids is 1. The van der Waals surface area contributed by atoms with Crippen LogP contribution < -0.4 is 4.90 Å². The SMILES string of the molecule is CC(C)(C)OC(=O)N1CCc2ccc(C(=O)O)nc21. The van der Waals surface area contributed by atoms with E-state index in [4.69, 9.17) is 9.84 Å². The molecule has 0 bridgehead atoms. The van der Waals surface area contributed by atoms with Crippen LogP contribution in [0.25, 0.3) is 0 Å². The number of anilines is 1. The molecule has 0 spiro atoms. The van der Waals surface area contributed by atoms with Crippen LogP contribution in [0.2, 0.25) is 0 Å². The summed E-state index contributed by atoms with van der Waals surface area (Å²) in [6.45, 7) is 5.80. The molecule has 0 unspecified atom stereocenters. The number of pyridine rings is 1. The first-order valence-corrected chi connectivity index (χ1v) is 6.01. The molecule has 1 aromatic heterocycles. The second-order valence-electron chi connectivity index (χ2n) is 5.37. The number of fused-ring (bicyclic) bond motifs is 1. The first-order valence-electron chi connectivity index (χ1n) is 6.01. The highest BCUT2D eigenvalue weighted by Crippen LogP contribution is 2.27. The average molecular weight is 264 g/mol. The molecule has 0 radical (unpaired) electrons. The second-order valence-corrected chi connectivity index (χ2v) is 5.37. The van der Waals surface area contributed by atoms with Gasteiger partial charge in [0.05, 0.1) is 0 Å². The number of aromatic carboxylic acids is 1. The highest BCUT2D eigenvalue weighted by Gasteiger charge is 2.30. The summed E-state index contributed by atoms with van der Waals surface area (Å²) in [6.07, 6.45) is 0.155. The Morgan fingerprint density at radius 1 is 1.37 bits per heavy atom. The number of nitrogens with zero attached hydrogens (tertiary/aromatic N) is 2. The molecule has 0 fully saturated rings. The van der Waals surface area contributed by atoms with Crippen LogP contribution in [0.15, 0.2) is 12.1 Å². The fourth-order valence-electron chi connectivity index (χ4n) is 1.86. The van der Waals surface area contributed by atoms with Crippen LogP contribution in [-0.4, -0.2) is 34.3 Å². The van der Waals surface area contributed by atoms with Crippen molar-refractivity contribution in [2.24, 2.45) is 0 Å². The molecule has 0 saturated heterocycles. The standard InChI is InChI=1S/C13H16N2O4/c1-13(2,3)19-12(18)15-7-6-8-4-5-9(11(16)17)14-10(8)15/h4-5H,6-7H2,1-3H3,(H,16,17). The summed E-state index contributed by atoms with van der Waals surface area (Å²) in [4.78, 5) is 28.3. The molecule has 0 aromatic carbocycles. The smallest absolute Gasteiger partial charge is 0.416 e. The van der Waals surface area contributed by atoms with Gasteiger partial charge in [-0.2, -0.15) is 0 Å². The van der Waals surface area contributed by atoms with Gasteiger partial charge in [0.1, 0.15) is 11.4 Å². The Labute approximate surface area is 111 Å². The Morgan fingerprint density at radius 3 is 2.63 bits per heavy atom. The highest BCUT2D eigenvalue weighted by molar-refractivity contribution is 5.91. The Morgan fingerprint density at radius 2 is 2.05 bits per heavy atom. The minimum atomic E-state index is -1.11. The molecule has 1 amide bonds. The topological polar surface area (TPSA) is 79.7 Å². The largest absolute Gasteiger partial charge is 0.477 e. The van der Waals surface area contributed by atoms with Crippen LogP contribution >= 0.6 is 0 Å². The molecule has 102 valence electrons. The van der Waals surface area contributed by atoms with Crippen LogP contribution in [0.5, 0.6) is 0 Å². The third kappa shape index (κ3) is 2.83. The molecule has 1 N–H and O–H groups in total. The molecule has 2 heterocycles. The van der Waals surface area contributed by atoms with Crippen molar-refractivity contribution >= 4 is 17.9 Å². The summed E-state index contributed by atoms with van der Waals surface area (Å²) in [5.74, 6) is -0.729. The number of carboxylic acids is 1. The molecule has 0 aliphatic carbocycles. The third-order valence-electron chi connectivity index (χ3n) is 2.65. The quantitative estimate of drug-likeness (QED) is 0.840. The van der Waals surface area contributed by atoms with Gasteiger partial charge in [0.25, 0.3) is 0 Å². The zero-order valence-electron chi connectivity index (χ0n) is 11.1. The van der Waals surface area contributed by atoms with Gasteiger partial charge in [-0.1, -0.05) is 6.07 Å². The van der Waals surface area contributed by atoms with Gasteiger partial charge < -0.3 is 9.84 Å². The molecule has 2 rings (SSSR count). The van der Waals surface area contributed by atoms with Gasteiger partial charge in [-0.25, -0.2) is 14.6 Å². The number of aromatic nitrogens is 1. The molecular weight excluding hydrogens is 248 g/mol. The van der Waals surface area contributed by atoms with Crippen LogP contribution in [0, 0.1) is 0 Å². The van der Waals surface area contributed by atoms with Crippen molar-refractivity contribution in [2.75, 3.05) is 11.4 Å². The van der Waals surface area contributed by atoms with Crippen LogP contribution in [-0.2, 0) is 11.2 Å². The maximum atomic E-state index is 12.0. The first kappa shape index (κ1) is 13.3. The van der Waals surface area contributed by atoms with E-state index >= 15 is 0 Å². The van der Waals surface area contributed by atoms with E-state index in [9.17, 15) is 9.59 Å². The number of rotatable bonds is 1. The van der Waals surface area contributed by atoms with Crippen molar-refractivity contribution in [2.45, 2.75) is 32.8 Å². The van der Waals surface area contributed by atoms with E-state index < -0.39 is 17.7 Å². The van der Waals surface area contributed by atoms with Gasteiger partial charge in [0.15, 0.2) is 5.69 Å². The molecule has 1 aromatic rings. The van der Waals surface area contributed by atoms with E-state index in [1.807, 2.05) is 0 Å². The molecule has 0 saturated carbocycles. The molecule has 1 aliphatic heterocycles. The number of hydrogen-bond donors (Lipinski definition) is 1. The number of hydrogen-bond acceptors (Lipinski definition) is 4. The van der Waals surface area contributed by atoms with E-state index in [0.29, 0.717) is 18.8 Å². The average Bonchev–Trinajstić information content (AvgIpc) is 2.68. The molecule has 1 aliphatic rings. The molecule has 0 atom stereocenters. The van der Waals surface area contributed by atoms with E-state index in [0.717, 1.165) is 5.56 Å². The van der Waals surface area contributed by atoms with E-state index in [2.05, 4.69) is 4.98 Å². The van der Waals surface area contributed by atoms with Crippen LogP contribution in [0.3, 0.4) is 0 Å². The lowest BCUT2D eigenvalue weighted by molar-refractivity contribution is 0.0580. The second kappa shape index (κ2) is 4.53. The van der Waals surface area contributed by atoms with Crippen molar-refractivity contribution in [1.82, 2.24) is 4.98 Å². The Kier molecular flexibility index (Phi) is 3.18. The minimum absolute atomic E-state index is 0.0748. The van der Waals surface area contributed by atoms with E-state index in [-0.39, 0.29) is 5.69 Å². The van der Waals surface area contributed by atoms with Crippen LogP contribution in [0.4, 0.5) is 10.6 Å². The summed E-state index contributed by atoms with van der Waals surface area (Å²) < 4.78 is 5.28. The van der Waals surface area contributed by atoms with Gasteiger partial charge >= 0.3 is 12.1 Å². The van der Waals surface area contributed by atoms with Crippen molar-refractivity contribution in [3.05, 3.63) is 23.4 Å². The molecular formula is C13H16N2O4. The predicted octanol–water partition coefficient (Wildman–Crippen LogP) is 2.08. The van der Waals surface area contributed by atoms with Gasteiger partial charge in [-0.05, 0) is 38.8 Å². The van der Waals surface area contributed by atoms with Gasteiger partial charge in [0, 0.05) is 6.54 Å². The summed E-state index contributed by atoms with van der Waals surface area (Å²) in [6, 6.07) is 3.13. The lowest BCUT2D eigenvalue weighted by Gasteiger charge is -2.24. The number of carboxylic acid groups (broad SMARTS) is 1. The fourth-order valence-corrected chi connectivity index (χ4v) is 1.86. The maximum Gasteiger partial charge on any atom is 0.416 e. The number of amides is 1. The van der Waals surface area contributed by atoms with Gasteiger partial charge in [-0.15, -0.1) is 0 Å². The Balaban J connectivity index is 2.28. The monoisotopic (exact) mass is 264 g/mol. The third-order valence-corrected chi connectivity index (χ3v) is 2.65. The van der Waals surface area contributed by atoms with Crippen molar-refractivity contribution in [3.63, 3.8) is 0 Å². The normalized spacial score (nSPS) is 14.2. The van der Waals surface area contributed by atoms with Crippen molar-refractivity contribution in [3.8, 4) is 0 Å². The molecule has 19 heavy (non-hydrogen) atoms. The molecule has 6 heteroatoms. The zero-order valence-corrected chi connectivity index (χ0v) is 11.1. The first-order chi connectivity index (χ1) is 8.78. The highest BCUT2D eigenvalue weighted by atomic mass is 16.6. The summed E-state index contributed by atoms with van der Waals surface area (Å²) in [7, 11) is 0. The lowest BCUT2D eigenvalue weighted by Crippen LogP contribution is -2.36. The predicted molar refractivity (Wildman–Crippen MR) is 68.5 cm³/mol. The zero-order chi connectivity index (χ0) is 14.2. The van der Waals surface area contributed by atoms with E-state index in [1.54, 1.807) is 26.8 Å². The number of ether oxygens (including phenoxy) is 1. The lowest BCUT2D eigenvalue weighted by atomic mass is 10.2. The summed E-state index contributed by atoms with van der Waals surface area (Å²) in [5.41, 5.74) is 0.189. The summed E-state index contributed by atoms with van der Waals surface area (Å²) >= 11 is 0. The maximum absolute atomic E-state index is 12.0. The van der Waals surface area contributed by atoms with Crippen LogP contribution in [0.1, 0.15) is 36.8 Å². The molecule has 6 nitrogen and oxygen atoms in total. The van der Waals surface area contributed by atoms with Gasteiger partial charge in [-0.3, -0.25) is 4.90 Å². The van der Waals surface area contributed by atoms with Gasteiger partial charge in [0.2, 0.25) is 0 Å². The summed E-state index contributed by atoms with van der Waals surface area (Å²) in [5, 5.41) is 8.93. The minimum Gasteiger partial charge on any atom is -0.477 e. The Bertz CT molecular complexity index is 534.